The second kappa shape index (κ2) is 4.63. The Labute approximate surface area is 116 Å². The van der Waals surface area contributed by atoms with E-state index in [0.717, 1.165) is 0 Å². The van der Waals surface area contributed by atoms with Crippen molar-refractivity contribution in [2.45, 2.75) is 18.4 Å². The smallest absolute Gasteiger partial charge is 0.322 e. The lowest BCUT2D eigenvalue weighted by atomic mass is 9.87. The van der Waals surface area contributed by atoms with Gasteiger partial charge in [0.25, 0.3) is 11.8 Å². The van der Waals surface area contributed by atoms with Gasteiger partial charge in [-0.2, -0.15) is 0 Å². The van der Waals surface area contributed by atoms with Gasteiger partial charge in [0.15, 0.2) is 0 Å². The van der Waals surface area contributed by atoms with Gasteiger partial charge in [0.05, 0.1) is 0 Å². The Bertz CT molecular complexity index is 562. The van der Waals surface area contributed by atoms with Crippen molar-refractivity contribution in [2.24, 2.45) is 0 Å². The summed E-state index contributed by atoms with van der Waals surface area (Å²) in [6, 6.07) is 8.61. The van der Waals surface area contributed by atoms with Crippen LogP contribution in [0.15, 0.2) is 30.3 Å². The molecule has 1 aromatic rings. The fourth-order valence-corrected chi connectivity index (χ4v) is 2.73. The molecule has 0 radical (unpaired) electrons. The number of nitrogens with zero attached hydrogens (tertiary/aromatic N) is 1. The second-order valence-corrected chi connectivity index (χ2v) is 5.15. The van der Waals surface area contributed by atoms with Gasteiger partial charge >= 0.3 is 6.03 Å². The third-order valence-corrected chi connectivity index (χ3v) is 3.94. The van der Waals surface area contributed by atoms with Crippen LogP contribution in [0.25, 0.3) is 0 Å². The maximum absolute atomic E-state index is 12.3. The van der Waals surface area contributed by atoms with Gasteiger partial charge in [-0.1, -0.05) is 18.2 Å². The van der Waals surface area contributed by atoms with E-state index in [-0.39, 0.29) is 11.8 Å². The van der Waals surface area contributed by atoms with Gasteiger partial charge in [-0.15, -0.1) is 0 Å². The first-order chi connectivity index (χ1) is 9.61. The van der Waals surface area contributed by atoms with Gasteiger partial charge in [-0.25, -0.2) is 4.79 Å². The van der Waals surface area contributed by atoms with Crippen molar-refractivity contribution in [1.82, 2.24) is 15.5 Å². The van der Waals surface area contributed by atoms with E-state index in [2.05, 4.69) is 10.6 Å². The van der Waals surface area contributed by atoms with Gasteiger partial charge in [-0.05, 0) is 25.0 Å². The van der Waals surface area contributed by atoms with E-state index in [4.69, 9.17) is 0 Å². The molecule has 1 aromatic carbocycles. The number of amides is 4. The highest BCUT2D eigenvalue weighted by Crippen LogP contribution is 2.26. The number of imide groups is 1. The summed E-state index contributed by atoms with van der Waals surface area (Å²) >= 11 is 0. The summed E-state index contributed by atoms with van der Waals surface area (Å²) in [6.07, 6.45) is 0.895. The summed E-state index contributed by atoms with van der Waals surface area (Å²) in [5, 5.41) is 4.94. The lowest BCUT2D eigenvalue weighted by molar-refractivity contribution is -0.125. The molecule has 3 rings (SSSR count). The highest BCUT2D eigenvalue weighted by Gasteiger charge is 2.48. The Morgan fingerprint density at radius 2 is 1.75 bits per heavy atom. The van der Waals surface area contributed by atoms with Crippen molar-refractivity contribution in [3.63, 3.8) is 0 Å². The third-order valence-electron chi connectivity index (χ3n) is 3.94. The number of benzene rings is 1. The number of hydrogen-bond donors (Lipinski definition) is 2. The number of hydrogen-bond acceptors (Lipinski definition) is 3. The normalized spacial score (nSPS) is 20.7. The molecule has 2 N–H and O–H groups in total. The molecule has 6 heteroatoms. The van der Waals surface area contributed by atoms with Crippen molar-refractivity contribution < 1.29 is 14.4 Å². The molecule has 2 aliphatic rings. The van der Waals surface area contributed by atoms with E-state index in [0.29, 0.717) is 31.5 Å². The largest absolute Gasteiger partial charge is 0.338 e. The van der Waals surface area contributed by atoms with Crippen molar-refractivity contribution in [2.75, 3.05) is 13.1 Å². The van der Waals surface area contributed by atoms with E-state index in [1.165, 1.54) is 0 Å². The van der Waals surface area contributed by atoms with Crippen LogP contribution in [-0.4, -0.2) is 41.4 Å². The van der Waals surface area contributed by atoms with Gasteiger partial charge in [0.2, 0.25) is 0 Å². The van der Waals surface area contributed by atoms with Gasteiger partial charge in [0.1, 0.15) is 5.54 Å². The molecule has 6 nitrogen and oxygen atoms in total. The molecule has 2 saturated heterocycles. The number of carbonyl (C=O) groups is 3. The number of nitrogens with one attached hydrogen (secondary N) is 2. The average Bonchev–Trinajstić information content (AvgIpc) is 2.74. The first-order valence-corrected chi connectivity index (χ1v) is 6.59. The van der Waals surface area contributed by atoms with E-state index in [1.807, 2.05) is 18.2 Å². The minimum Gasteiger partial charge on any atom is -0.338 e. The lowest BCUT2D eigenvalue weighted by Crippen LogP contribution is -2.55. The zero-order valence-corrected chi connectivity index (χ0v) is 10.9. The fraction of sp³-hybridized carbons (Fsp3) is 0.357. The highest BCUT2D eigenvalue weighted by atomic mass is 16.2. The molecular weight excluding hydrogens is 258 g/mol. The SMILES string of the molecule is O=C1NC(=O)C2(CCN(C(=O)c3ccccc3)CC2)N1. The summed E-state index contributed by atoms with van der Waals surface area (Å²) in [7, 11) is 0. The minimum atomic E-state index is -0.829. The molecule has 104 valence electrons. The number of carbonyl (C=O) groups excluding carboxylic acids is 3. The van der Waals surface area contributed by atoms with Gasteiger partial charge in [0, 0.05) is 18.7 Å². The summed E-state index contributed by atoms with van der Waals surface area (Å²) < 4.78 is 0. The summed E-state index contributed by atoms with van der Waals surface area (Å²) in [5.41, 5.74) is -0.187. The highest BCUT2D eigenvalue weighted by molar-refractivity contribution is 6.07. The molecule has 0 unspecified atom stereocenters. The Morgan fingerprint density at radius 3 is 2.30 bits per heavy atom. The van der Waals surface area contributed by atoms with Crippen molar-refractivity contribution in [1.29, 1.82) is 0 Å². The number of likely N-dealkylation sites (tertiary alicyclic amines) is 1. The summed E-state index contributed by atoms with van der Waals surface area (Å²) in [4.78, 5) is 37.1. The van der Waals surface area contributed by atoms with E-state index < -0.39 is 11.6 Å². The molecule has 0 aromatic heterocycles. The Morgan fingerprint density at radius 1 is 1.10 bits per heavy atom. The standard InChI is InChI=1S/C14H15N3O3/c18-11(10-4-2-1-3-5-10)17-8-6-14(7-9-17)12(19)15-13(20)16-14/h1-5H,6-9H2,(H2,15,16,19,20). The summed E-state index contributed by atoms with van der Waals surface area (Å²) in [5.74, 6) is -0.320. The van der Waals surface area contributed by atoms with Crippen LogP contribution in [-0.2, 0) is 4.79 Å². The molecule has 0 aliphatic carbocycles. The fourth-order valence-electron chi connectivity index (χ4n) is 2.73. The maximum atomic E-state index is 12.3. The molecule has 2 heterocycles. The van der Waals surface area contributed by atoms with Crippen LogP contribution in [0, 0.1) is 0 Å². The second-order valence-electron chi connectivity index (χ2n) is 5.15. The molecule has 4 amide bonds. The average molecular weight is 273 g/mol. The molecule has 2 aliphatic heterocycles. The van der Waals surface area contributed by atoms with Crippen LogP contribution in [0.3, 0.4) is 0 Å². The Balaban J connectivity index is 1.69. The Kier molecular flexibility index (Phi) is 2.93. The van der Waals surface area contributed by atoms with E-state index >= 15 is 0 Å². The van der Waals surface area contributed by atoms with Crippen LogP contribution in [0.1, 0.15) is 23.2 Å². The monoisotopic (exact) mass is 273 g/mol. The molecule has 0 bridgehead atoms. The number of urea groups is 1. The lowest BCUT2D eigenvalue weighted by Gasteiger charge is -2.37. The van der Waals surface area contributed by atoms with Crippen molar-refractivity contribution in [3.05, 3.63) is 35.9 Å². The molecule has 1 spiro atoms. The molecule has 0 atom stereocenters. The van der Waals surface area contributed by atoms with Crippen LogP contribution in [0.5, 0.6) is 0 Å². The zero-order chi connectivity index (χ0) is 14.2. The molecule has 0 saturated carbocycles. The van der Waals surface area contributed by atoms with E-state index in [1.54, 1.807) is 17.0 Å². The van der Waals surface area contributed by atoms with Crippen LogP contribution in [0.2, 0.25) is 0 Å². The van der Waals surface area contributed by atoms with Gasteiger partial charge in [-0.3, -0.25) is 14.9 Å². The Hall–Kier alpha value is -2.37. The van der Waals surface area contributed by atoms with Crippen molar-refractivity contribution in [3.8, 4) is 0 Å². The predicted molar refractivity (Wildman–Crippen MR) is 71.0 cm³/mol. The first-order valence-electron chi connectivity index (χ1n) is 6.59. The summed E-state index contributed by atoms with van der Waals surface area (Å²) in [6.45, 7) is 0.919. The number of piperidine rings is 1. The van der Waals surface area contributed by atoms with Gasteiger partial charge < -0.3 is 10.2 Å². The van der Waals surface area contributed by atoms with Crippen molar-refractivity contribution >= 4 is 17.8 Å². The van der Waals surface area contributed by atoms with Crippen LogP contribution >= 0.6 is 0 Å². The topological polar surface area (TPSA) is 78.5 Å². The first kappa shape index (κ1) is 12.7. The maximum Gasteiger partial charge on any atom is 0.322 e. The third kappa shape index (κ3) is 2.03. The molecule has 20 heavy (non-hydrogen) atoms. The van der Waals surface area contributed by atoms with E-state index in [9.17, 15) is 14.4 Å². The molecule has 2 fully saturated rings. The van der Waals surface area contributed by atoms with Crippen LogP contribution in [0.4, 0.5) is 4.79 Å². The minimum absolute atomic E-state index is 0.0369. The number of rotatable bonds is 1. The van der Waals surface area contributed by atoms with Crippen LogP contribution < -0.4 is 10.6 Å². The zero-order valence-electron chi connectivity index (χ0n) is 10.9. The molecular formula is C14H15N3O3. The predicted octanol–water partition coefficient (Wildman–Crippen LogP) is 0.501. The quantitative estimate of drug-likeness (QED) is 0.731.